The summed E-state index contributed by atoms with van der Waals surface area (Å²) in [5.74, 6) is 1.63. The first-order valence-electron chi connectivity index (χ1n) is 16.2. The fraction of sp³-hybridized carbons (Fsp3) is 0.351. The molecule has 8 heteroatoms. The number of rotatable bonds is 8. The topological polar surface area (TPSA) is 98.0 Å². The molecule has 0 radical (unpaired) electrons. The molecular formula is C37H40N6O2. The van der Waals surface area contributed by atoms with E-state index in [9.17, 15) is 9.59 Å². The SMILES string of the molecule is CC(C(=O)N1CCC[C@H]1c1nc2cc(Cc3cnc([C@@H]4CCCN4C(=O)[C@H](C)c4ccccc4)[nH]3)ccc2[nH]1)c1ccccc1. The van der Waals surface area contributed by atoms with Crippen LogP contribution < -0.4 is 0 Å². The normalized spacial score (nSPS) is 19.7. The molecule has 1 unspecified atom stereocenters. The number of hydrogen-bond donors (Lipinski definition) is 2. The van der Waals surface area contributed by atoms with Crippen LogP contribution in [0.15, 0.2) is 85.1 Å². The molecule has 4 heterocycles. The summed E-state index contributed by atoms with van der Waals surface area (Å²) in [6.07, 6.45) is 6.34. The summed E-state index contributed by atoms with van der Waals surface area (Å²) in [6, 6.07) is 26.2. The van der Waals surface area contributed by atoms with E-state index in [-0.39, 0.29) is 35.7 Å². The van der Waals surface area contributed by atoms with E-state index in [4.69, 9.17) is 9.97 Å². The second kappa shape index (κ2) is 12.3. The molecule has 230 valence electrons. The fourth-order valence-electron chi connectivity index (χ4n) is 7.09. The Bertz CT molecular complexity index is 1800. The highest BCUT2D eigenvalue weighted by Crippen LogP contribution is 2.35. The summed E-state index contributed by atoms with van der Waals surface area (Å²) in [4.78, 5) is 47.7. The van der Waals surface area contributed by atoms with Gasteiger partial charge >= 0.3 is 0 Å². The highest BCUT2D eigenvalue weighted by Gasteiger charge is 2.36. The van der Waals surface area contributed by atoms with E-state index in [1.165, 1.54) is 0 Å². The number of amides is 2. The van der Waals surface area contributed by atoms with Crippen LogP contribution in [0, 0.1) is 0 Å². The van der Waals surface area contributed by atoms with Gasteiger partial charge in [0.1, 0.15) is 11.6 Å². The number of H-pyrrole nitrogens is 2. The summed E-state index contributed by atoms with van der Waals surface area (Å²) in [7, 11) is 0. The van der Waals surface area contributed by atoms with Crippen LogP contribution in [-0.2, 0) is 16.0 Å². The Morgan fingerprint density at radius 2 is 1.36 bits per heavy atom. The number of aromatic amines is 2. The van der Waals surface area contributed by atoms with Crippen LogP contribution in [0.4, 0.5) is 0 Å². The second-order valence-electron chi connectivity index (χ2n) is 12.6. The van der Waals surface area contributed by atoms with Gasteiger partial charge in [-0.25, -0.2) is 9.97 Å². The number of likely N-dealkylation sites (tertiary alicyclic amines) is 2. The van der Waals surface area contributed by atoms with E-state index in [1.807, 2.05) is 90.5 Å². The Kier molecular flexibility index (Phi) is 7.96. The number of carbonyl (C=O) groups is 2. The van der Waals surface area contributed by atoms with Crippen molar-refractivity contribution in [2.45, 2.75) is 69.9 Å². The van der Waals surface area contributed by atoms with Crippen molar-refractivity contribution in [2.75, 3.05) is 13.1 Å². The lowest BCUT2D eigenvalue weighted by atomic mass is 9.99. The van der Waals surface area contributed by atoms with Gasteiger partial charge in [0.15, 0.2) is 0 Å². The van der Waals surface area contributed by atoms with Crippen LogP contribution in [0.25, 0.3) is 11.0 Å². The quantitative estimate of drug-likeness (QED) is 0.204. The molecule has 2 aliphatic rings. The molecular weight excluding hydrogens is 560 g/mol. The average molecular weight is 601 g/mol. The highest BCUT2D eigenvalue weighted by atomic mass is 16.2. The predicted octanol–water partition coefficient (Wildman–Crippen LogP) is 6.81. The maximum atomic E-state index is 13.5. The number of carbonyl (C=O) groups excluding carboxylic acids is 2. The van der Waals surface area contributed by atoms with E-state index in [2.05, 4.69) is 28.2 Å². The zero-order valence-electron chi connectivity index (χ0n) is 25.9. The molecule has 0 spiro atoms. The van der Waals surface area contributed by atoms with Gasteiger partial charge < -0.3 is 19.8 Å². The van der Waals surface area contributed by atoms with Crippen LogP contribution in [0.2, 0.25) is 0 Å². The number of fused-ring (bicyclic) bond motifs is 1. The first-order valence-corrected chi connectivity index (χ1v) is 16.2. The number of nitrogens with one attached hydrogen (secondary N) is 2. The molecule has 2 aromatic heterocycles. The summed E-state index contributed by atoms with van der Waals surface area (Å²) < 4.78 is 0. The molecule has 0 aliphatic carbocycles. The van der Waals surface area contributed by atoms with Gasteiger partial charge in [0.25, 0.3) is 0 Å². The van der Waals surface area contributed by atoms with Crippen molar-refractivity contribution in [3.8, 4) is 0 Å². The van der Waals surface area contributed by atoms with Gasteiger partial charge in [-0.3, -0.25) is 9.59 Å². The number of benzene rings is 3. The van der Waals surface area contributed by atoms with Crippen molar-refractivity contribution >= 4 is 22.8 Å². The standard InChI is InChI=1S/C37H40N6O2/c1-24(27-11-5-3-6-12-27)36(44)42-19-9-15-32(42)34-38-23-29(39-34)21-26-17-18-30-31(22-26)41-35(40-30)33-16-10-20-43(33)37(45)25(2)28-13-7-4-8-14-28/h3-8,11-14,17-18,22-25,32-33H,9-10,15-16,19-21H2,1-2H3,(H,38,39)(H,40,41)/t24-,25?,32+,33+/m1/s1. The lowest BCUT2D eigenvalue weighted by molar-refractivity contribution is -0.134. The lowest BCUT2D eigenvalue weighted by Crippen LogP contribution is -2.34. The van der Waals surface area contributed by atoms with Crippen LogP contribution in [0.1, 0.15) is 97.5 Å². The molecule has 5 aromatic rings. The minimum atomic E-state index is -0.191. The van der Waals surface area contributed by atoms with Crippen LogP contribution in [0.5, 0.6) is 0 Å². The van der Waals surface area contributed by atoms with Crippen molar-refractivity contribution in [1.82, 2.24) is 29.7 Å². The third kappa shape index (κ3) is 5.77. The van der Waals surface area contributed by atoms with Crippen molar-refractivity contribution < 1.29 is 9.59 Å². The molecule has 45 heavy (non-hydrogen) atoms. The third-order valence-corrected chi connectivity index (χ3v) is 9.65. The Labute approximate surface area is 263 Å². The van der Waals surface area contributed by atoms with Gasteiger partial charge in [0, 0.05) is 31.4 Å². The Hall–Kier alpha value is -4.72. The molecule has 8 nitrogen and oxygen atoms in total. The van der Waals surface area contributed by atoms with Crippen LogP contribution in [-0.4, -0.2) is 54.6 Å². The monoisotopic (exact) mass is 600 g/mol. The van der Waals surface area contributed by atoms with Crippen molar-refractivity contribution in [3.05, 3.63) is 119 Å². The minimum Gasteiger partial charge on any atom is -0.344 e. The maximum Gasteiger partial charge on any atom is 0.230 e. The molecule has 7 rings (SSSR count). The molecule has 2 saturated heterocycles. The number of hydrogen-bond acceptors (Lipinski definition) is 4. The van der Waals surface area contributed by atoms with Crippen LogP contribution >= 0.6 is 0 Å². The largest absolute Gasteiger partial charge is 0.344 e. The van der Waals surface area contributed by atoms with Gasteiger partial charge in [-0.05, 0) is 68.4 Å². The summed E-state index contributed by atoms with van der Waals surface area (Å²) in [6.45, 7) is 5.49. The summed E-state index contributed by atoms with van der Waals surface area (Å²) >= 11 is 0. The van der Waals surface area contributed by atoms with E-state index in [0.29, 0.717) is 6.42 Å². The summed E-state index contributed by atoms with van der Waals surface area (Å²) in [5, 5.41) is 0. The smallest absolute Gasteiger partial charge is 0.230 e. The highest BCUT2D eigenvalue weighted by molar-refractivity contribution is 5.85. The molecule has 2 N–H and O–H groups in total. The van der Waals surface area contributed by atoms with Gasteiger partial charge in [0.2, 0.25) is 11.8 Å². The first-order chi connectivity index (χ1) is 22.0. The third-order valence-electron chi connectivity index (χ3n) is 9.65. The zero-order valence-corrected chi connectivity index (χ0v) is 25.9. The van der Waals surface area contributed by atoms with Gasteiger partial charge in [-0.15, -0.1) is 0 Å². The lowest BCUT2D eigenvalue weighted by Gasteiger charge is -2.26. The molecule has 4 atom stereocenters. The Morgan fingerprint density at radius 3 is 1.96 bits per heavy atom. The van der Waals surface area contributed by atoms with Gasteiger partial charge in [-0.1, -0.05) is 66.7 Å². The zero-order chi connectivity index (χ0) is 30.9. The van der Waals surface area contributed by atoms with E-state index < -0.39 is 0 Å². The van der Waals surface area contributed by atoms with Gasteiger partial charge in [0.05, 0.1) is 35.0 Å². The van der Waals surface area contributed by atoms with E-state index in [1.54, 1.807) is 0 Å². The molecule has 2 amide bonds. The van der Waals surface area contributed by atoms with Crippen molar-refractivity contribution in [3.63, 3.8) is 0 Å². The first kappa shape index (κ1) is 29.0. The molecule has 0 saturated carbocycles. The van der Waals surface area contributed by atoms with Crippen LogP contribution in [0.3, 0.4) is 0 Å². The van der Waals surface area contributed by atoms with Gasteiger partial charge in [-0.2, -0.15) is 0 Å². The van der Waals surface area contributed by atoms with Crippen molar-refractivity contribution in [1.29, 1.82) is 0 Å². The minimum absolute atomic E-state index is 0.0320. The second-order valence-corrected chi connectivity index (χ2v) is 12.6. The Morgan fingerprint density at radius 1 is 0.778 bits per heavy atom. The number of aromatic nitrogens is 4. The predicted molar refractivity (Wildman–Crippen MR) is 175 cm³/mol. The molecule has 3 aromatic carbocycles. The molecule has 2 aliphatic heterocycles. The maximum absolute atomic E-state index is 13.5. The Balaban J connectivity index is 1.04. The molecule has 0 bridgehead atoms. The van der Waals surface area contributed by atoms with E-state index >= 15 is 0 Å². The average Bonchev–Trinajstić information content (AvgIpc) is 3.90. The molecule has 2 fully saturated rings. The fourth-order valence-corrected chi connectivity index (χ4v) is 7.09. The summed E-state index contributed by atoms with van der Waals surface area (Å²) in [5.41, 5.74) is 6.10. The number of imidazole rings is 2. The van der Waals surface area contributed by atoms with E-state index in [0.717, 1.165) is 83.8 Å². The van der Waals surface area contributed by atoms with Crippen molar-refractivity contribution in [2.24, 2.45) is 0 Å². The number of nitrogens with zero attached hydrogens (tertiary/aromatic N) is 4.